The number of hydrogen-bond acceptors (Lipinski definition) is 4. The van der Waals surface area contributed by atoms with Gasteiger partial charge in [-0.3, -0.25) is 4.79 Å². The van der Waals surface area contributed by atoms with Crippen LogP contribution in [0.4, 0.5) is 5.00 Å². The van der Waals surface area contributed by atoms with Crippen LogP contribution in [0.2, 0.25) is 0 Å². The molecule has 0 bridgehead atoms. The zero-order valence-corrected chi connectivity index (χ0v) is 13.6. The Morgan fingerprint density at radius 2 is 1.95 bits per heavy atom. The molecule has 0 aliphatic carbocycles. The van der Waals surface area contributed by atoms with Crippen molar-refractivity contribution in [3.05, 3.63) is 51.9 Å². The summed E-state index contributed by atoms with van der Waals surface area (Å²) in [6.45, 7) is 5.87. The number of thiophene rings is 1. The average molecular weight is 316 g/mol. The number of amides is 1. The summed E-state index contributed by atoms with van der Waals surface area (Å²) >= 11 is 1.22. The number of anilines is 1. The lowest BCUT2D eigenvalue weighted by molar-refractivity contribution is -0.254. The highest BCUT2D eigenvalue weighted by Crippen LogP contribution is 2.30. The van der Waals surface area contributed by atoms with Gasteiger partial charge in [0.15, 0.2) is 0 Å². The molecule has 0 unspecified atom stereocenters. The van der Waals surface area contributed by atoms with Crippen LogP contribution in [-0.4, -0.2) is 11.9 Å². The number of carbonyl (C=O) groups excluding carboxylic acids is 2. The second-order valence-electron chi connectivity index (χ2n) is 5.62. The molecule has 1 heterocycles. The van der Waals surface area contributed by atoms with Crippen molar-refractivity contribution in [3.63, 3.8) is 0 Å². The molecule has 1 aromatic carbocycles. The summed E-state index contributed by atoms with van der Waals surface area (Å²) in [5.74, 6) is -1.23. The van der Waals surface area contributed by atoms with E-state index in [1.165, 1.54) is 11.3 Å². The van der Waals surface area contributed by atoms with Crippen LogP contribution in [0.15, 0.2) is 29.6 Å². The summed E-state index contributed by atoms with van der Waals surface area (Å²) in [5, 5.41) is 16.2. The van der Waals surface area contributed by atoms with Crippen LogP contribution < -0.4 is 10.4 Å². The number of hydrogen-bond donors (Lipinski definition) is 1. The maximum absolute atomic E-state index is 12.3. The van der Waals surface area contributed by atoms with E-state index < -0.39 is 5.97 Å². The maximum Gasteiger partial charge on any atom is 0.256 e. The number of carbonyl (C=O) groups is 2. The van der Waals surface area contributed by atoms with Crippen LogP contribution in [-0.2, 0) is 6.42 Å². The highest BCUT2D eigenvalue weighted by atomic mass is 32.1. The molecule has 1 N–H and O–H groups in total. The molecule has 0 radical (unpaired) electrons. The molecule has 22 heavy (non-hydrogen) atoms. The first-order chi connectivity index (χ1) is 10.4. The minimum absolute atomic E-state index is 0.0978. The van der Waals surface area contributed by atoms with E-state index in [0.29, 0.717) is 28.5 Å². The molecular weight excluding hydrogens is 298 g/mol. The Labute approximate surface area is 133 Å². The van der Waals surface area contributed by atoms with E-state index in [-0.39, 0.29) is 11.5 Å². The minimum Gasteiger partial charge on any atom is -0.545 e. The summed E-state index contributed by atoms with van der Waals surface area (Å²) in [5.41, 5.74) is 2.18. The smallest absolute Gasteiger partial charge is 0.256 e. The van der Waals surface area contributed by atoms with Crippen LogP contribution in [0.1, 0.15) is 45.7 Å². The van der Waals surface area contributed by atoms with Gasteiger partial charge in [-0.25, -0.2) is 0 Å². The van der Waals surface area contributed by atoms with Gasteiger partial charge in [0.25, 0.3) is 5.91 Å². The number of carboxylic acid groups (broad SMARTS) is 1. The van der Waals surface area contributed by atoms with Crippen LogP contribution in [0, 0.1) is 12.8 Å². The zero-order valence-electron chi connectivity index (χ0n) is 12.8. The third-order valence-electron chi connectivity index (χ3n) is 3.32. The van der Waals surface area contributed by atoms with Gasteiger partial charge in [0.1, 0.15) is 5.00 Å². The molecule has 1 aromatic heterocycles. The Bertz CT molecular complexity index is 704. The minimum atomic E-state index is -1.25. The van der Waals surface area contributed by atoms with Crippen molar-refractivity contribution in [2.24, 2.45) is 5.92 Å². The molecule has 0 atom stereocenters. The van der Waals surface area contributed by atoms with Gasteiger partial charge >= 0.3 is 0 Å². The van der Waals surface area contributed by atoms with Gasteiger partial charge in [-0.15, -0.1) is 11.3 Å². The highest BCUT2D eigenvalue weighted by molar-refractivity contribution is 7.15. The predicted molar refractivity (Wildman–Crippen MR) is 86.3 cm³/mol. The standard InChI is InChI=1S/C17H19NO3S/c1-10(2)8-12-9-22-16(14(12)17(20)21)18-15(19)13-7-5-4-6-11(13)3/h4-7,9-10H,8H2,1-3H3,(H,18,19)(H,20,21)/p-1. The van der Waals surface area contributed by atoms with Gasteiger partial charge in [0, 0.05) is 11.1 Å². The van der Waals surface area contributed by atoms with E-state index in [0.717, 1.165) is 5.56 Å². The highest BCUT2D eigenvalue weighted by Gasteiger charge is 2.17. The van der Waals surface area contributed by atoms with Crippen molar-refractivity contribution in [2.45, 2.75) is 27.2 Å². The van der Waals surface area contributed by atoms with Crippen molar-refractivity contribution in [2.75, 3.05) is 5.32 Å². The predicted octanol–water partition coefficient (Wildman–Crippen LogP) is 2.87. The Morgan fingerprint density at radius 1 is 1.27 bits per heavy atom. The third kappa shape index (κ3) is 3.54. The molecule has 0 spiro atoms. The molecule has 2 rings (SSSR count). The number of carboxylic acids is 1. The number of nitrogens with one attached hydrogen (secondary N) is 1. The molecule has 0 saturated carbocycles. The zero-order chi connectivity index (χ0) is 16.3. The van der Waals surface area contributed by atoms with Crippen LogP contribution in [0.25, 0.3) is 0 Å². The Kier molecular flexibility index (Phi) is 4.98. The fourth-order valence-corrected chi connectivity index (χ4v) is 3.26. The van der Waals surface area contributed by atoms with E-state index in [9.17, 15) is 14.7 Å². The van der Waals surface area contributed by atoms with Crippen LogP contribution >= 0.6 is 11.3 Å². The first-order valence-corrected chi connectivity index (χ1v) is 7.96. The van der Waals surface area contributed by atoms with Crippen LogP contribution in [0.3, 0.4) is 0 Å². The molecule has 2 aromatic rings. The van der Waals surface area contributed by atoms with E-state index in [1.54, 1.807) is 17.5 Å². The van der Waals surface area contributed by atoms with E-state index >= 15 is 0 Å². The largest absolute Gasteiger partial charge is 0.545 e. The van der Waals surface area contributed by atoms with Gasteiger partial charge < -0.3 is 15.2 Å². The normalized spacial score (nSPS) is 10.7. The number of aromatic carboxylic acids is 1. The number of rotatable bonds is 5. The van der Waals surface area contributed by atoms with E-state index in [1.807, 2.05) is 32.9 Å². The van der Waals surface area contributed by atoms with Crippen molar-refractivity contribution < 1.29 is 14.7 Å². The molecule has 5 heteroatoms. The first-order valence-electron chi connectivity index (χ1n) is 7.08. The van der Waals surface area contributed by atoms with E-state index in [2.05, 4.69) is 5.32 Å². The molecule has 0 aliphatic heterocycles. The van der Waals surface area contributed by atoms with Crippen molar-refractivity contribution in [1.82, 2.24) is 0 Å². The lowest BCUT2D eigenvalue weighted by Gasteiger charge is -2.11. The van der Waals surface area contributed by atoms with Crippen LogP contribution in [0.5, 0.6) is 0 Å². The third-order valence-corrected chi connectivity index (χ3v) is 4.26. The molecular formula is C17H18NO3S-. The number of benzene rings is 1. The lowest BCUT2D eigenvalue weighted by Crippen LogP contribution is -2.25. The first kappa shape index (κ1) is 16.2. The molecule has 0 fully saturated rings. The molecule has 1 amide bonds. The molecule has 116 valence electrons. The van der Waals surface area contributed by atoms with Crippen molar-refractivity contribution in [1.29, 1.82) is 0 Å². The molecule has 0 saturated heterocycles. The summed E-state index contributed by atoms with van der Waals surface area (Å²) < 4.78 is 0. The quantitative estimate of drug-likeness (QED) is 0.922. The maximum atomic E-state index is 12.3. The molecule has 0 aliphatic rings. The summed E-state index contributed by atoms with van der Waals surface area (Å²) in [6, 6.07) is 7.18. The van der Waals surface area contributed by atoms with E-state index in [4.69, 9.17) is 0 Å². The monoisotopic (exact) mass is 316 g/mol. The van der Waals surface area contributed by atoms with Crippen molar-refractivity contribution >= 4 is 28.2 Å². The topological polar surface area (TPSA) is 69.2 Å². The Balaban J connectivity index is 2.30. The fraction of sp³-hybridized carbons (Fsp3) is 0.294. The molecule has 4 nitrogen and oxygen atoms in total. The average Bonchev–Trinajstić information content (AvgIpc) is 2.81. The van der Waals surface area contributed by atoms with Gasteiger partial charge in [-0.05, 0) is 41.8 Å². The van der Waals surface area contributed by atoms with Gasteiger partial charge in [-0.1, -0.05) is 32.0 Å². The summed E-state index contributed by atoms with van der Waals surface area (Å²) in [4.78, 5) is 23.7. The lowest BCUT2D eigenvalue weighted by atomic mass is 10.0. The van der Waals surface area contributed by atoms with Gasteiger partial charge in [-0.2, -0.15) is 0 Å². The second-order valence-corrected chi connectivity index (χ2v) is 6.50. The fourth-order valence-electron chi connectivity index (χ4n) is 2.30. The summed E-state index contributed by atoms with van der Waals surface area (Å²) in [7, 11) is 0. The van der Waals surface area contributed by atoms with Gasteiger partial charge in [0.2, 0.25) is 0 Å². The van der Waals surface area contributed by atoms with Crippen molar-refractivity contribution in [3.8, 4) is 0 Å². The Hall–Kier alpha value is -2.14. The second kappa shape index (κ2) is 6.75. The number of aryl methyl sites for hydroxylation is 1. The van der Waals surface area contributed by atoms with Gasteiger partial charge in [0.05, 0.1) is 5.97 Å². The Morgan fingerprint density at radius 3 is 2.55 bits per heavy atom. The SMILES string of the molecule is Cc1ccccc1C(=O)Nc1scc(CC(C)C)c1C(=O)[O-]. The summed E-state index contributed by atoms with van der Waals surface area (Å²) in [6.07, 6.45) is 0.639.